The summed E-state index contributed by atoms with van der Waals surface area (Å²) in [4.78, 5) is 28.7. The van der Waals surface area contributed by atoms with Crippen LogP contribution in [0.1, 0.15) is 67.1 Å². The highest BCUT2D eigenvalue weighted by atomic mass is 35.5. The largest absolute Gasteiger partial charge is 0.496 e. The van der Waals surface area contributed by atoms with Crippen molar-refractivity contribution in [3.05, 3.63) is 68.0 Å². The number of carboxylic acid groups (broad SMARTS) is 1. The Labute approximate surface area is 236 Å². The predicted molar refractivity (Wildman–Crippen MR) is 154 cm³/mol. The molecule has 0 spiro atoms. The standard InChI is InChI=1S/C28H30Cl2N2O5S/c1-5-6-7-11-24(36-3)19-10-8-9-18(25(19)37-4)23-15-38-28(31-23)32-26(33)17-13-21(29)20(22(30)14-17)12-16(2)27(34)35/h8-10,12-15,24H,5-7,11H2,1-4H3,(H,34,35)(H,31,32,33)/b16-12+/t24-/m0/s1. The molecular weight excluding hydrogens is 547 g/mol. The molecule has 38 heavy (non-hydrogen) atoms. The van der Waals surface area contributed by atoms with Gasteiger partial charge in [0.25, 0.3) is 5.91 Å². The van der Waals surface area contributed by atoms with Gasteiger partial charge >= 0.3 is 5.97 Å². The molecule has 0 aliphatic carbocycles. The van der Waals surface area contributed by atoms with E-state index >= 15 is 0 Å². The number of ether oxygens (including phenoxy) is 2. The predicted octanol–water partition coefficient (Wildman–Crippen LogP) is 8.13. The van der Waals surface area contributed by atoms with Gasteiger partial charge in [-0.1, -0.05) is 61.5 Å². The summed E-state index contributed by atoms with van der Waals surface area (Å²) in [5.74, 6) is -0.843. The third-order valence-electron chi connectivity index (χ3n) is 5.99. The van der Waals surface area contributed by atoms with Crippen molar-refractivity contribution in [2.75, 3.05) is 19.5 Å². The number of nitrogens with one attached hydrogen (secondary N) is 1. The van der Waals surface area contributed by atoms with E-state index in [4.69, 9.17) is 37.8 Å². The Kier molecular flexibility index (Phi) is 10.7. The molecule has 0 aliphatic heterocycles. The first-order chi connectivity index (χ1) is 18.2. The molecule has 202 valence electrons. The summed E-state index contributed by atoms with van der Waals surface area (Å²) in [6, 6.07) is 8.75. The van der Waals surface area contributed by atoms with E-state index in [0.717, 1.165) is 36.8 Å². The van der Waals surface area contributed by atoms with Crippen molar-refractivity contribution in [3.63, 3.8) is 0 Å². The highest BCUT2D eigenvalue weighted by Gasteiger charge is 2.21. The van der Waals surface area contributed by atoms with Crippen LogP contribution in [0.25, 0.3) is 17.3 Å². The van der Waals surface area contributed by atoms with Gasteiger partial charge in [-0.25, -0.2) is 9.78 Å². The second kappa shape index (κ2) is 13.8. The van der Waals surface area contributed by atoms with E-state index in [2.05, 4.69) is 17.2 Å². The van der Waals surface area contributed by atoms with Crippen LogP contribution in [0, 0.1) is 0 Å². The zero-order valence-electron chi connectivity index (χ0n) is 21.6. The monoisotopic (exact) mass is 576 g/mol. The molecule has 1 amide bonds. The third-order valence-corrected chi connectivity index (χ3v) is 7.37. The molecule has 0 unspecified atom stereocenters. The van der Waals surface area contributed by atoms with Gasteiger partial charge in [-0.3, -0.25) is 10.1 Å². The Morgan fingerprint density at radius 1 is 1.18 bits per heavy atom. The summed E-state index contributed by atoms with van der Waals surface area (Å²) in [5, 5.41) is 14.4. The maximum absolute atomic E-state index is 12.9. The second-order valence-electron chi connectivity index (χ2n) is 8.63. The van der Waals surface area contributed by atoms with Crippen LogP contribution in [-0.2, 0) is 9.53 Å². The summed E-state index contributed by atoms with van der Waals surface area (Å²) >= 11 is 13.9. The number of carboxylic acids is 1. The Hall–Kier alpha value is -2.91. The number of amides is 1. The van der Waals surface area contributed by atoms with E-state index in [-0.39, 0.29) is 27.3 Å². The van der Waals surface area contributed by atoms with E-state index in [1.807, 2.05) is 23.6 Å². The molecule has 1 atom stereocenters. The van der Waals surface area contributed by atoms with Gasteiger partial charge in [-0.2, -0.15) is 0 Å². The first-order valence-corrected chi connectivity index (χ1v) is 13.7. The van der Waals surface area contributed by atoms with Crippen molar-refractivity contribution in [1.29, 1.82) is 0 Å². The Balaban J connectivity index is 1.84. The lowest BCUT2D eigenvalue weighted by atomic mass is 9.98. The van der Waals surface area contributed by atoms with Crippen molar-refractivity contribution in [2.24, 2.45) is 0 Å². The van der Waals surface area contributed by atoms with Crippen LogP contribution in [0.3, 0.4) is 0 Å². The molecule has 3 aromatic rings. The van der Waals surface area contributed by atoms with Crippen LogP contribution in [0.15, 0.2) is 41.3 Å². The van der Waals surface area contributed by atoms with Crippen molar-refractivity contribution < 1.29 is 24.2 Å². The zero-order chi connectivity index (χ0) is 27.8. The zero-order valence-corrected chi connectivity index (χ0v) is 24.0. The molecule has 1 aromatic heterocycles. The molecule has 2 N–H and O–H groups in total. The summed E-state index contributed by atoms with van der Waals surface area (Å²) in [7, 11) is 3.33. The molecule has 3 rings (SSSR count). The van der Waals surface area contributed by atoms with Crippen molar-refractivity contribution in [1.82, 2.24) is 4.98 Å². The maximum Gasteiger partial charge on any atom is 0.331 e. The minimum Gasteiger partial charge on any atom is -0.496 e. The van der Waals surface area contributed by atoms with Gasteiger partial charge in [-0.15, -0.1) is 11.3 Å². The van der Waals surface area contributed by atoms with E-state index in [0.29, 0.717) is 22.1 Å². The van der Waals surface area contributed by atoms with Gasteiger partial charge in [-0.05, 0) is 37.6 Å². The number of halogens is 2. The molecular formula is C28H30Cl2N2O5S. The van der Waals surface area contributed by atoms with E-state index in [1.165, 1.54) is 36.5 Å². The number of para-hydroxylation sites is 1. The summed E-state index contributed by atoms with van der Waals surface area (Å²) in [6.45, 7) is 3.60. The molecule has 1 heterocycles. The number of carbonyl (C=O) groups is 2. The van der Waals surface area contributed by atoms with Crippen LogP contribution in [0.5, 0.6) is 5.75 Å². The summed E-state index contributed by atoms with van der Waals surface area (Å²) < 4.78 is 11.6. The third kappa shape index (κ3) is 7.14. The van der Waals surface area contributed by atoms with Crippen LogP contribution in [0.2, 0.25) is 10.0 Å². The molecule has 7 nitrogen and oxygen atoms in total. The van der Waals surface area contributed by atoms with E-state index < -0.39 is 11.9 Å². The highest BCUT2D eigenvalue weighted by Crippen LogP contribution is 2.39. The number of aromatic nitrogens is 1. The maximum atomic E-state index is 12.9. The fraction of sp³-hybridized carbons (Fsp3) is 0.321. The fourth-order valence-electron chi connectivity index (χ4n) is 3.97. The number of methoxy groups -OCH3 is 2. The van der Waals surface area contributed by atoms with Gasteiger partial charge in [0.1, 0.15) is 5.75 Å². The SMILES string of the molecule is CCCCC[C@H](OC)c1cccc(-c2csc(NC(=O)c3cc(Cl)c(/C=C(\C)C(=O)O)c(Cl)c3)n2)c1OC. The average Bonchev–Trinajstić information content (AvgIpc) is 3.36. The number of carbonyl (C=O) groups excluding carboxylic acids is 1. The first kappa shape index (κ1) is 29.6. The van der Waals surface area contributed by atoms with E-state index in [1.54, 1.807) is 14.2 Å². The van der Waals surface area contributed by atoms with Crippen molar-refractivity contribution in [3.8, 4) is 17.0 Å². The number of thiazole rings is 1. The molecule has 0 saturated carbocycles. The van der Waals surface area contributed by atoms with Crippen molar-refractivity contribution in [2.45, 2.75) is 45.6 Å². The van der Waals surface area contributed by atoms with Crippen LogP contribution >= 0.6 is 34.5 Å². The minimum absolute atomic E-state index is 0.0681. The molecule has 10 heteroatoms. The summed E-state index contributed by atoms with van der Waals surface area (Å²) in [6.07, 6.45) is 5.47. The Bertz CT molecular complexity index is 1320. The number of benzene rings is 2. The lowest BCUT2D eigenvalue weighted by Crippen LogP contribution is -2.12. The highest BCUT2D eigenvalue weighted by molar-refractivity contribution is 7.14. The molecule has 0 fully saturated rings. The molecule has 2 aromatic carbocycles. The number of anilines is 1. The Morgan fingerprint density at radius 3 is 2.50 bits per heavy atom. The minimum atomic E-state index is -1.09. The number of hydrogen-bond donors (Lipinski definition) is 2. The first-order valence-electron chi connectivity index (χ1n) is 12.1. The summed E-state index contributed by atoms with van der Waals surface area (Å²) in [5.41, 5.74) is 3.04. The lowest BCUT2D eigenvalue weighted by Gasteiger charge is -2.20. The number of rotatable bonds is 12. The van der Waals surface area contributed by atoms with E-state index in [9.17, 15) is 9.59 Å². The molecule has 0 saturated heterocycles. The van der Waals surface area contributed by atoms with Gasteiger partial charge in [0.2, 0.25) is 0 Å². The molecule has 0 radical (unpaired) electrons. The quantitative estimate of drug-likeness (QED) is 0.167. The fourth-order valence-corrected chi connectivity index (χ4v) is 5.28. The van der Waals surface area contributed by atoms with Crippen molar-refractivity contribution >= 4 is 57.6 Å². The topological polar surface area (TPSA) is 97.8 Å². The van der Waals surface area contributed by atoms with Gasteiger partial charge in [0.05, 0.1) is 29.0 Å². The molecule has 0 aliphatic rings. The Morgan fingerprint density at radius 2 is 1.89 bits per heavy atom. The number of unbranched alkanes of at least 4 members (excludes halogenated alkanes) is 2. The number of hydrogen-bond acceptors (Lipinski definition) is 6. The van der Waals surface area contributed by atoms with Crippen LogP contribution in [-0.4, -0.2) is 36.2 Å². The normalized spacial score (nSPS) is 12.3. The second-order valence-corrected chi connectivity index (χ2v) is 10.3. The van der Waals surface area contributed by atoms with Gasteiger partial charge in [0.15, 0.2) is 5.13 Å². The number of nitrogens with zero attached hydrogens (tertiary/aromatic N) is 1. The lowest BCUT2D eigenvalue weighted by molar-refractivity contribution is -0.132. The van der Waals surface area contributed by atoms with Gasteiger partial charge < -0.3 is 14.6 Å². The smallest absolute Gasteiger partial charge is 0.331 e. The van der Waals surface area contributed by atoms with Crippen LogP contribution in [0.4, 0.5) is 5.13 Å². The van der Waals surface area contributed by atoms with Gasteiger partial charge in [0, 0.05) is 40.3 Å². The average molecular weight is 578 g/mol. The number of aliphatic carboxylic acids is 1. The molecule has 0 bridgehead atoms. The van der Waals surface area contributed by atoms with Crippen LogP contribution < -0.4 is 10.1 Å².